The number of nitrogens with one attached hydrogen (secondary N) is 2. The van der Waals surface area contributed by atoms with Gasteiger partial charge in [0.2, 0.25) is 5.91 Å². The SMILES string of the molecule is O=C(C[C@H]1CC[C@@H](NC(=O)OCC2c3ccccc3-c3ccccc32)C1)NC(C(=O)O)C1CC1. The van der Waals surface area contributed by atoms with Gasteiger partial charge in [-0.2, -0.15) is 0 Å². The van der Waals surface area contributed by atoms with Crippen molar-refractivity contribution in [2.75, 3.05) is 6.61 Å². The van der Waals surface area contributed by atoms with Gasteiger partial charge in [0.05, 0.1) is 0 Å². The second kappa shape index (κ2) is 9.49. The summed E-state index contributed by atoms with van der Waals surface area (Å²) in [6, 6.07) is 15.6. The Balaban J connectivity index is 1.10. The number of aliphatic carboxylic acids is 1. The van der Waals surface area contributed by atoms with E-state index in [0.29, 0.717) is 12.8 Å². The topological polar surface area (TPSA) is 105 Å². The number of hydrogen-bond donors (Lipinski definition) is 3. The molecular weight excluding hydrogens is 432 g/mol. The van der Waals surface area contributed by atoms with Gasteiger partial charge in [-0.1, -0.05) is 48.5 Å². The van der Waals surface area contributed by atoms with Gasteiger partial charge in [0.15, 0.2) is 0 Å². The molecule has 3 aliphatic carbocycles. The molecule has 7 nitrogen and oxygen atoms in total. The predicted molar refractivity (Wildman–Crippen MR) is 126 cm³/mol. The molecule has 0 aromatic heterocycles. The highest BCUT2D eigenvalue weighted by molar-refractivity contribution is 5.84. The molecule has 3 atom stereocenters. The smallest absolute Gasteiger partial charge is 0.407 e. The Labute approximate surface area is 198 Å². The molecule has 5 rings (SSSR count). The van der Waals surface area contributed by atoms with E-state index in [1.807, 2.05) is 24.3 Å². The maximum atomic E-state index is 12.5. The van der Waals surface area contributed by atoms with Crippen LogP contribution in [0.2, 0.25) is 0 Å². The minimum absolute atomic E-state index is 0.0202. The number of benzene rings is 2. The molecule has 7 heteroatoms. The van der Waals surface area contributed by atoms with Crippen molar-refractivity contribution >= 4 is 18.0 Å². The fourth-order valence-electron chi connectivity index (χ4n) is 5.50. The van der Waals surface area contributed by atoms with Gasteiger partial charge < -0.3 is 20.5 Å². The summed E-state index contributed by atoms with van der Waals surface area (Å²) in [7, 11) is 0. The van der Waals surface area contributed by atoms with E-state index >= 15 is 0 Å². The van der Waals surface area contributed by atoms with E-state index in [-0.39, 0.29) is 36.3 Å². The zero-order valence-electron chi connectivity index (χ0n) is 19.0. The van der Waals surface area contributed by atoms with Crippen molar-refractivity contribution < 1.29 is 24.2 Å². The number of carboxylic acid groups (broad SMARTS) is 1. The van der Waals surface area contributed by atoms with Crippen LogP contribution in [0.25, 0.3) is 11.1 Å². The first-order valence-electron chi connectivity index (χ1n) is 12.1. The zero-order valence-corrected chi connectivity index (χ0v) is 19.0. The molecule has 2 aromatic rings. The van der Waals surface area contributed by atoms with Crippen molar-refractivity contribution in [3.05, 3.63) is 59.7 Å². The number of carboxylic acids is 1. The first-order valence-corrected chi connectivity index (χ1v) is 12.1. The summed E-state index contributed by atoms with van der Waals surface area (Å²) in [5.41, 5.74) is 4.73. The number of alkyl carbamates (subject to hydrolysis) is 1. The quantitative estimate of drug-likeness (QED) is 0.549. The Morgan fingerprint density at radius 1 is 0.941 bits per heavy atom. The molecule has 1 unspecified atom stereocenters. The lowest BCUT2D eigenvalue weighted by atomic mass is 9.98. The highest BCUT2D eigenvalue weighted by atomic mass is 16.5. The first kappa shape index (κ1) is 22.4. The van der Waals surface area contributed by atoms with E-state index in [1.54, 1.807) is 0 Å². The van der Waals surface area contributed by atoms with Gasteiger partial charge in [-0.05, 0) is 66.2 Å². The number of carbonyl (C=O) groups excluding carboxylic acids is 2. The van der Waals surface area contributed by atoms with Gasteiger partial charge in [-0.15, -0.1) is 0 Å². The van der Waals surface area contributed by atoms with E-state index in [2.05, 4.69) is 34.9 Å². The average Bonchev–Trinajstić information content (AvgIpc) is 3.49. The van der Waals surface area contributed by atoms with Gasteiger partial charge in [-0.3, -0.25) is 4.79 Å². The molecule has 3 aliphatic rings. The van der Waals surface area contributed by atoms with Crippen LogP contribution in [-0.4, -0.2) is 41.8 Å². The van der Waals surface area contributed by atoms with Crippen LogP contribution in [0.4, 0.5) is 4.79 Å². The van der Waals surface area contributed by atoms with Gasteiger partial charge in [0.1, 0.15) is 12.6 Å². The Bertz CT molecular complexity index is 1050. The Morgan fingerprint density at radius 2 is 1.59 bits per heavy atom. The molecule has 2 amide bonds. The third-order valence-electron chi connectivity index (χ3n) is 7.36. The molecule has 34 heavy (non-hydrogen) atoms. The number of fused-ring (bicyclic) bond motifs is 3. The Kier molecular flexibility index (Phi) is 6.26. The summed E-state index contributed by atoms with van der Waals surface area (Å²) in [6.07, 6.45) is 3.87. The summed E-state index contributed by atoms with van der Waals surface area (Å²) >= 11 is 0. The largest absolute Gasteiger partial charge is 0.480 e. The number of amides is 2. The molecule has 0 aliphatic heterocycles. The fraction of sp³-hybridized carbons (Fsp3) is 0.444. The van der Waals surface area contributed by atoms with Crippen molar-refractivity contribution in [1.29, 1.82) is 0 Å². The van der Waals surface area contributed by atoms with Crippen molar-refractivity contribution in [2.45, 2.75) is 56.5 Å². The maximum Gasteiger partial charge on any atom is 0.407 e. The summed E-state index contributed by atoms with van der Waals surface area (Å²) < 4.78 is 5.64. The standard InChI is InChI=1S/C27H30N2O5/c30-24(29-25(26(31)32)17-10-11-17)14-16-9-12-18(13-16)28-27(33)34-15-23-21-7-3-1-5-19(21)20-6-2-4-8-22(20)23/h1-8,16-18,23,25H,9-15H2,(H,28,33)(H,29,30)(H,31,32)/t16-,18+,25?/m0/s1. The molecule has 3 N–H and O–H groups in total. The molecule has 0 heterocycles. The minimum atomic E-state index is -0.961. The Morgan fingerprint density at radius 3 is 2.21 bits per heavy atom. The average molecular weight is 463 g/mol. The molecule has 2 aromatic carbocycles. The van der Waals surface area contributed by atoms with E-state index in [4.69, 9.17) is 4.74 Å². The molecule has 0 saturated heterocycles. The zero-order chi connectivity index (χ0) is 23.7. The van der Waals surface area contributed by atoms with E-state index in [0.717, 1.165) is 25.7 Å². The summed E-state index contributed by atoms with van der Waals surface area (Å²) in [5.74, 6) is -0.962. The second-order valence-corrected chi connectivity index (χ2v) is 9.77. The van der Waals surface area contributed by atoms with Crippen LogP contribution < -0.4 is 10.6 Å². The third kappa shape index (κ3) is 4.79. The number of hydrogen-bond acceptors (Lipinski definition) is 4. The first-order chi connectivity index (χ1) is 16.5. The molecule has 2 fully saturated rings. The van der Waals surface area contributed by atoms with E-state index in [1.165, 1.54) is 22.3 Å². The molecule has 0 spiro atoms. The Hall–Kier alpha value is -3.35. The highest BCUT2D eigenvalue weighted by Gasteiger charge is 2.38. The van der Waals surface area contributed by atoms with Crippen LogP contribution in [0.5, 0.6) is 0 Å². The van der Waals surface area contributed by atoms with Crippen molar-refractivity contribution in [2.24, 2.45) is 11.8 Å². The van der Waals surface area contributed by atoms with Gasteiger partial charge in [-0.25, -0.2) is 9.59 Å². The summed E-state index contributed by atoms with van der Waals surface area (Å²) in [6.45, 7) is 0.274. The fourth-order valence-corrected chi connectivity index (χ4v) is 5.50. The van der Waals surface area contributed by atoms with Crippen molar-refractivity contribution in [3.8, 4) is 11.1 Å². The lowest BCUT2D eigenvalue weighted by Gasteiger charge is -2.17. The summed E-state index contributed by atoms with van der Waals surface area (Å²) in [4.78, 5) is 36.2. The van der Waals surface area contributed by atoms with Crippen LogP contribution in [0, 0.1) is 11.8 Å². The van der Waals surface area contributed by atoms with Crippen molar-refractivity contribution in [3.63, 3.8) is 0 Å². The molecular formula is C27H30N2O5. The predicted octanol–water partition coefficient (Wildman–Crippen LogP) is 4.06. The number of carbonyl (C=O) groups is 3. The highest BCUT2D eigenvalue weighted by Crippen LogP contribution is 2.44. The molecule has 178 valence electrons. The van der Waals surface area contributed by atoms with Crippen LogP contribution in [0.3, 0.4) is 0 Å². The number of ether oxygens (including phenoxy) is 1. The minimum Gasteiger partial charge on any atom is -0.480 e. The van der Waals surface area contributed by atoms with Crippen LogP contribution in [-0.2, 0) is 14.3 Å². The van der Waals surface area contributed by atoms with Gasteiger partial charge in [0.25, 0.3) is 0 Å². The number of rotatable bonds is 8. The molecule has 2 saturated carbocycles. The monoisotopic (exact) mass is 462 g/mol. The lowest BCUT2D eigenvalue weighted by molar-refractivity contribution is -0.142. The van der Waals surface area contributed by atoms with E-state index in [9.17, 15) is 19.5 Å². The van der Waals surface area contributed by atoms with Crippen molar-refractivity contribution in [1.82, 2.24) is 10.6 Å². The van der Waals surface area contributed by atoms with E-state index < -0.39 is 18.1 Å². The van der Waals surface area contributed by atoms with Crippen LogP contribution in [0.1, 0.15) is 55.6 Å². The maximum absolute atomic E-state index is 12.5. The second-order valence-electron chi connectivity index (χ2n) is 9.77. The van der Waals surface area contributed by atoms with Gasteiger partial charge >= 0.3 is 12.1 Å². The van der Waals surface area contributed by atoms with Gasteiger partial charge in [0, 0.05) is 18.4 Å². The molecule has 0 bridgehead atoms. The third-order valence-corrected chi connectivity index (χ3v) is 7.36. The normalized spacial score (nSPS) is 21.9. The lowest BCUT2D eigenvalue weighted by Crippen LogP contribution is -2.42. The van der Waals surface area contributed by atoms with Crippen LogP contribution in [0.15, 0.2) is 48.5 Å². The molecule has 0 radical (unpaired) electrons. The summed E-state index contributed by atoms with van der Waals surface area (Å²) in [5, 5.41) is 14.9. The van der Waals surface area contributed by atoms with Crippen LogP contribution >= 0.6 is 0 Å².